The number of fused-ring (bicyclic) bond motifs is 1. The molecule has 3 rings (SSSR count). The minimum atomic E-state index is -1.06. The van der Waals surface area contributed by atoms with Crippen LogP contribution in [0.5, 0.6) is 0 Å². The molecule has 0 atom stereocenters. The number of nitrogens with one attached hydrogen (secondary N) is 1. The molecule has 0 saturated carbocycles. The molecule has 0 unspecified atom stereocenters. The van der Waals surface area contributed by atoms with Gasteiger partial charge in [-0.25, -0.2) is 9.59 Å². The fourth-order valence-electron chi connectivity index (χ4n) is 2.18. The van der Waals surface area contributed by atoms with E-state index in [1.165, 1.54) is 10.6 Å². The number of halogens is 1. The van der Waals surface area contributed by atoms with Gasteiger partial charge in [-0.3, -0.25) is 4.57 Å². The van der Waals surface area contributed by atoms with Crippen LogP contribution in [0.2, 0.25) is 0 Å². The van der Waals surface area contributed by atoms with Crippen molar-refractivity contribution in [3.63, 3.8) is 0 Å². The van der Waals surface area contributed by atoms with Gasteiger partial charge < -0.3 is 10.1 Å². The highest BCUT2D eigenvalue weighted by Gasteiger charge is 2.16. The molecule has 100 valence electrons. The SMILES string of the molecule is O=C(O)c1cccc2c1[nH]c(=O)n2-c1ccccc1I. The van der Waals surface area contributed by atoms with Gasteiger partial charge >= 0.3 is 11.7 Å². The lowest BCUT2D eigenvalue weighted by Gasteiger charge is -2.06. The molecule has 5 nitrogen and oxygen atoms in total. The largest absolute Gasteiger partial charge is 0.478 e. The number of carbonyl (C=O) groups is 1. The number of carboxylic acid groups (broad SMARTS) is 1. The predicted octanol–water partition coefficient (Wildman–Crippen LogP) is 2.62. The zero-order chi connectivity index (χ0) is 14.3. The van der Waals surface area contributed by atoms with Crippen molar-refractivity contribution in [3.8, 4) is 5.69 Å². The topological polar surface area (TPSA) is 75.1 Å². The van der Waals surface area contributed by atoms with Crippen LogP contribution >= 0.6 is 22.6 Å². The molecule has 0 fully saturated rings. The summed E-state index contributed by atoms with van der Waals surface area (Å²) < 4.78 is 2.40. The number of hydrogen-bond donors (Lipinski definition) is 2. The number of aromatic nitrogens is 2. The molecule has 0 spiro atoms. The van der Waals surface area contributed by atoms with Gasteiger partial charge in [0.15, 0.2) is 0 Å². The number of hydrogen-bond acceptors (Lipinski definition) is 2. The van der Waals surface area contributed by atoms with Gasteiger partial charge in [-0.05, 0) is 46.9 Å². The van der Waals surface area contributed by atoms with Crippen molar-refractivity contribution in [1.82, 2.24) is 9.55 Å². The Morgan fingerprint density at radius 2 is 1.90 bits per heavy atom. The van der Waals surface area contributed by atoms with Gasteiger partial charge in [-0.15, -0.1) is 0 Å². The Labute approximate surface area is 127 Å². The average molecular weight is 380 g/mol. The molecule has 2 aromatic carbocycles. The fraction of sp³-hybridized carbons (Fsp3) is 0. The molecule has 1 aromatic heterocycles. The van der Waals surface area contributed by atoms with E-state index in [2.05, 4.69) is 27.6 Å². The molecular formula is C14H9IN2O3. The van der Waals surface area contributed by atoms with E-state index >= 15 is 0 Å². The second-order valence-corrected chi connectivity index (χ2v) is 5.38. The van der Waals surface area contributed by atoms with E-state index in [-0.39, 0.29) is 11.3 Å². The van der Waals surface area contributed by atoms with E-state index in [0.717, 1.165) is 9.26 Å². The van der Waals surface area contributed by atoms with Crippen molar-refractivity contribution in [2.45, 2.75) is 0 Å². The standard InChI is InChI=1S/C14H9IN2O3/c15-9-5-1-2-6-10(9)17-11-7-3-4-8(13(18)19)12(11)16-14(17)20/h1-7H,(H,16,20)(H,18,19). The monoisotopic (exact) mass is 380 g/mol. The molecule has 0 radical (unpaired) electrons. The quantitative estimate of drug-likeness (QED) is 0.672. The van der Waals surface area contributed by atoms with Crippen LogP contribution in [0.3, 0.4) is 0 Å². The minimum absolute atomic E-state index is 0.0873. The van der Waals surface area contributed by atoms with Crippen LogP contribution in [-0.2, 0) is 0 Å². The first kappa shape index (κ1) is 12.9. The number of H-pyrrole nitrogens is 1. The first-order valence-electron chi connectivity index (χ1n) is 5.81. The highest BCUT2D eigenvalue weighted by molar-refractivity contribution is 14.1. The predicted molar refractivity (Wildman–Crippen MR) is 83.6 cm³/mol. The highest BCUT2D eigenvalue weighted by atomic mass is 127. The molecule has 6 heteroatoms. The molecule has 0 amide bonds. The lowest BCUT2D eigenvalue weighted by molar-refractivity contribution is 0.0699. The van der Waals surface area contributed by atoms with Gasteiger partial charge in [-0.1, -0.05) is 18.2 Å². The van der Waals surface area contributed by atoms with E-state index < -0.39 is 5.97 Å². The molecule has 0 aliphatic heterocycles. The van der Waals surface area contributed by atoms with E-state index in [1.54, 1.807) is 12.1 Å². The Morgan fingerprint density at radius 1 is 1.15 bits per heavy atom. The number of aromatic amines is 1. The van der Waals surface area contributed by atoms with E-state index in [4.69, 9.17) is 0 Å². The van der Waals surface area contributed by atoms with Crippen LogP contribution in [0.1, 0.15) is 10.4 Å². The second kappa shape index (κ2) is 4.78. The zero-order valence-corrected chi connectivity index (χ0v) is 12.3. The molecule has 1 heterocycles. The Bertz CT molecular complexity index is 880. The smallest absolute Gasteiger partial charge is 0.337 e. The van der Waals surface area contributed by atoms with Crippen molar-refractivity contribution in [1.29, 1.82) is 0 Å². The number of rotatable bonds is 2. The third kappa shape index (κ3) is 1.92. The van der Waals surface area contributed by atoms with Gasteiger partial charge in [0, 0.05) is 3.57 Å². The molecule has 2 N–H and O–H groups in total. The van der Waals surface area contributed by atoms with Crippen LogP contribution in [0.4, 0.5) is 0 Å². The summed E-state index contributed by atoms with van der Waals surface area (Å²) in [6, 6.07) is 12.3. The maximum atomic E-state index is 12.2. The Balaban J connectivity index is 2.42. The zero-order valence-electron chi connectivity index (χ0n) is 10.1. The number of aromatic carboxylic acids is 1. The number of benzene rings is 2. The summed E-state index contributed by atoms with van der Waals surface area (Å²) in [7, 11) is 0. The number of carboxylic acids is 1. The molecule has 0 aliphatic carbocycles. The number of para-hydroxylation sites is 2. The van der Waals surface area contributed by atoms with Gasteiger partial charge in [0.25, 0.3) is 0 Å². The van der Waals surface area contributed by atoms with E-state index in [9.17, 15) is 14.7 Å². The van der Waals surface area contributed by atoms with Gasteiger partial charge in [0.1, 0.15) is 0 Å². The highest BCUT2D eigenvalue weighted by Crippen LogP contribution is 2.22. The molecule has 3 aromatic rings. The van der Waals surface area contributed by atoms with Crippen LogP contribution in [-0.4, -0.2) is 20.6 Å². The van der Waals surface area contributed by atoms with Crippen molar-refractivity contribution in [2.24, 2.45) is 0 Å². The maximum Gasteiger partial charge on any atom is 0.337 e. The molecular weight excluding hydrogens is 371 g/mol. The third-order valence-electron chi connectivity index (χ3n) is 3.04. The van der Waals surface area contributed by atoms with E-state index in [1.807, 2.05) is 24.3 Å². The summed E-state index contributed by atoms with van der Waals surface area (Å²) in [5.41, 5.74) is 1.36. The Hall–Kier alpha value is -2.09. The summed E-state index contributed by atoms with van der Waals surface area (Å²) in [6.07, 6.45) is 0. The summed E-state index contributed by atoms with van der Waals surface area (Å²) >= 11 is 2.14. The summed E-state index contributed by atoms with van der Waals surface area (Å²) in [6.45, 7) is 0. The first-order valence-corrected chi connectivity index (χ1v) is 6.89. The summed E-state index contributed by atoms with van der Waals surface area (Å²) in [4.78, 5) is 26.0. The minimum Gasteiger partial charge on any atom is -0.478 e. The van der Waals surface area contributed by atoms with Gasteiger partial charge in [0.2, 0.25) is 0 Å². The lowest BCUT2D eigenvalue weighted by Crippen LogP contribution is -2.15. The second-order valence-electron chi connectivity index (χ2n) is 4.22. The molecule has 0 bridgehead atoms. The molecule has 0 aliphatic rings. The van der Waals surface area contributed by atoms with Crippen molar-refractivity contribution >= 4 is 39.6 Å². The normalized spacial score (nSPS) is 10.8. The van der Waals surface area contributed by atoms with Gasteiger partial charge in [-0.2, -0.15) is 0 Å². The lowest BCUT2D eigenvalue weighted by atomic mass is 10.2. The molecule has 0 saturated heterocycles. The first-order chi connectivity index (χ1) is 9.59. The Kier molecular flexibility index (Phi) is 3.09. The third-order valence-corrected chi connectivity index (χ3v) is 3.95. The van der Waals surface area contributed by atoms with Crippen LogP contribution < -0.4 is 5.69 Å². The average Bonchev–Trinajstić information content (AvgIpc) is 2.75. The van der Waals surface area contributed by atoms with Crippen LogP contribution in [0, 0.1) is 3.57 Å². The maximum absolute atomic E-state index is 12.2. The van der Waals surface area contributed by atoms with Crippen LogP contribution in [0.25, 0.3) is 16.7 Å². The van der Waals surface area contributed by atoms with Crippen molar-refractivity contribution in [3.05, 3.63) is 62.1 Å². The van der Waals surface area contributed by atoms with Gasteiger partial charge in [0.05, 0.1) is 22.3 Å². The number of imidazole rings is 1. The van der Waals surface area contributed by atoms with E-state index in [0.29, 0.717) is 11.0 Å². The van der Waals surface area contributed by atoms with Crippen LogP contribution in [0.15, 0.2) is 47.3 Å². The summed E-state index contributed by atoms with van der Waals surface area (Å²) in [5, 5.41) is 9.18. The van der Waals surface area contributed by atoms with Crippen molar-refractivity contribution < 1.29 is 9.90 Å². The fourth-order valence-corrected chi connectivity index (χ4v) is 2.81. The van der Waals surface area contributed by atoms with Crippen molar-refractivity contribution in [2.75, 3.05) is 0 Å². The number of nitrogens with zero attached hydrogens (tertiary/aromatic N) is 1. The molecule has 20 heavy (non-hydrogen) atoms. The summed E-state index contributed by atoms with van der Waals surface area (Å²) in [5.74, 6) is -1.06. The Morgan fingerprint density at radius 3 is 2.60 bits per heavy atom.